The van der Waals surface area contributed by atoms with Crippen molar-refractivity contribution in [3.05, 3.63) is 76.9 Å². The molecule has 0 saturated heterocycles. The van der Waals surface area contributed by atoms with Crippen LogP contribution in [-0.2, 0) is 11.2 Å². The van der Waals surface area contributed by atoms with E-state index in [2.05, 4.69) is 0 Å². The zero-order valence-electron chi connectivity index (χ0n) is 14.1. The van der Waals surface area contributed by atoms with Gasteiger partial charge in [-0.2, -0.15) is 0 Å². The predicted molar refractivity (Wildman–Crippen MR) is 95.6 cm³/mol. The van der Waals surface area contributed by atoms with E-state index < -0.39 is 5.97 Å². The normalized spacial score (nSPS) is 10.6. The van der Waals surface area contributed by atoms with Crippen LogP contribution in [0.15, 0.2) is 54.6 Å². The monoisotopic (exact) mass is 334 g/mol. The standard InChI is InChI=1S/C21H18O4/c1-13-16(12-18(22)23)15-10-6-7-11-17(25-2)20(15)19(13)21(24)14-8-4-3-5-9-14/h3-11H,12H2,1-2H3,(H,22,23). The van der Waals surface area contributed by atoms with Crippen LogP contribution in [-0.4, -0.2) is 24.0 Å². The second-order valence-corrected chi connectivity index (χ2v) is 5.82. The van der Waals surface area contributed by atoms with Gasteiger partial charge in [-0.1, -0.05) is 48.5 Å². The Morgan fingerprint density at radius 3 is 2.28 bits per heavy atom. The molecule has 0 amide bonds. The van der Waals surface area contributed by atoms with E-state index in [0.717, 1.165) is 5.56 Å². The van der Waals surface area contributed by atoms with Crippen molar-refractivity contribution in [3.8, 4) is 16.9 Å². The number of hydrogen-bond donors (Lipinski definition) is 1. The zero-order chi connectivity index (χ0) is 18.0. The van der Waals surface area contributed by atoms with E-state index in [9.17, 15) is 14.7 Å². The van der Waals surface area contributed by atoms with Crippen LogP contribution in [0.4, 0.5) is 0 Å². The summed E-state index contributed by atoms with van der Waals surface area (Å²) in [6.07, 6.45) is -0.141. The average molecular weight is 334 g/mol. The molecule has 2 aliphatic carbocycles. The number of carboxylic acid groups (broad SMARTS) is 1. The van der Waals surface area contributed by atoms with Gasteiger partial charge in [-0.25, -0.2) is 0 Å². The molecule has 0 fully saturated rings. The fourth-order valence-corrected chi connectivity index (χ4v) is 3.21. The summed E-state index contributed by atoms with van der Waals surface area (Å²) in [6, 6.07) is 16.2. The highest BCUT2D eigenvalue weighted by atomic mass is 16.5. The Hall–Kier alpha value is -3.14. The van der Waals surface area contributed by atoms with E-state index in [0.29, 0.717) is 33.6 Å². The minimum atomic E-state index is -0.931. The molecule has 25 heavy (non-hydrogen) atoms. The second kappa shape index (κ2) is 6.77. The first-order valence-electron chi connectivity index (χ1n) is 7.94. The van der Waals surface area contributed by atoms with Gasteiger partial charge in [0.2, 0.25) is 0 Å². The Labute approximate surface area is 146 Å². The summed E-state index contributed by atoms with van der Waals surface area (Å²) in [5, 5.41) is 9.29. The summed E-state index contributed by atoms with van der Waals surface area (Å²) in [4.78, 5) is 24.5. The van der Waals surface area contributed by atoms with Crippen LogP contribution in [0.25, 0.3) is 11.1 Å². The first kappa shape index (κ1) is 16.7. The molecule has 0 saturated carbocycles. The number of aliphatic carboxylic acids is 1. The summed E-state index contributed by atoms with van der Waals surface area (Å²) in [7, 11) is 1.55. The molecule has 0 atom stereocenters. The van der Waals surface area contributed by atoms with E-state index >= 15 is 0 Å². The summed E-state index contributed by atoms with van der Waals surface area (Å²) in [5.41, 5.74) is 3.81. The van der Waals surface area contributed by atoms with Crippen LogP contribution in [0.1, 0.15) is 27.0 Å². The number of ether oxygens (including phenoxy) is 1. The lowest BCUT2D eigenvalue weighted by Crippen LogP contribution is -2.04. The van der Waals surface area contributed by atoms with Crippen LogP contribution in [0.5, 0.6) is 5.75 Å². The molecule has 1 aromatic rings. The summed E-state index contributed by atoms with van der Waals surface area (Å²) >= 11 is 0. The highest BCUT2D eigenvalue weighted by Crippen LogP contribution is 2.43. The van der Waals surface area contributed by atoms with E-state index in [1.807, 2.05) is 36.4 Å². The van der Waals surface area contributed by atoms with Crippen molar-refractivity contribution in [3.63, 3.8) is 0 Å². The van der Waals surface area contributed by atoms with Crippen molar-refractivity contribution in [2.24, 2.45) is 0 Å². The van der Waals surface area contributed by atoms with Gasteiger partial charge in [-0.05, 0) is 29.7 Å². The molecule has 126 valence electrons. The lowest BCUT2D eigenvalue weighted by molar-refractivity contribution is -0.136. The van der Waals surface area contributed by atoms with Crippen LogP contribution in [0.3, 0.4) is 0 Å². The molecule has 0 radical (unpaired) electrons. The smallest absolute Gasteiger partial charge is 0.307 e. The van der Waals surface area contributed by atoms with Crippen LogP contribution in [0.2, 0.25) is 0 Å². The minimum Gasteiger partial charge on any atom is -0.496 e. The fraction of sp³-hybridized carbons (Fsp3) is 0.143. The average Bonchev–Trinajstić information content (AvgIpc) is 2.76. The van der Waals surface area contributed by atoms with E-state index in [4.69, 9.17) is 4.74 Å². The Bertz CT molecular complexity index is 913. The molecule has 3 rings (SSSR count). The lowest BCUT2D eigenvalue weighted by atomic mass is 9.98. The van der Waals surface area contributed by atoms with Gasteiger partial charge in [0, 0.05) is 16.7 Å². The number of carbonyl (C=O) groups excluding carboxylic acids is 1. The number of rotatable bonds is 5. The maximum Gasteiger partial charge on any atom is 0.307 e. The number of ketones is 1. The topological polar surface area (TPSA) is 63.6 Å². The van der Waals surface area contributed by atoms with E-state index in [1.54, 1.807) is 32.2 Å². The highest BCUT2D eigenvalue weighted by Gasteiger charge is 2.28. The van der Waals surface area contributed by atoms with Crippen molar-refractivity contribution < 1.29 is 19.4 Å². The Balaban J connectivity index is 2.32. The molecule has 0 bridgehead atoms. The molecule has 0 spiro atoms. The first-order valence-corrected chi connectivity index (χ1v) is 7.94. The Morgan fingerprint density at radius 2 is 1.64 bits per heavy atom. The lowest BCUT2D eigenvalue weighted by Gasteiger charge is -2.07. The maximum absolute atomic E-state index is 13.1. The van der Waals surface area contributed by atoms with Gasteiger partial charge < -0.3 is 9.84 Å². The van der Waals surface area contributed by atoms with Gasteiger partial charge in [0.1, 0.15) is 5.75 Å². The molecule has 1 N–H and O–H groups in total. The molecule has 2 aliphatic rings. The molecule has 4 nitrogen and oxygen atoms in total. The Kier molecular flexibility index (Phi) is 4.52. The molecular weight excluding hydrogens is 316 g/mol. The number of hydrogen-bond acceptors (Lipinski definition) is 3. The van der Waals surface area contributed by atoms with Crippen LogP contribution < -0.4 is 4.74 Å². The molecule has 0 aliphatic heterocycles. The van der Waals surface area contributed by atoms with Crippen molar-refractivity contribution in [2.45, 2.75) is 13.3 Å². The number of fused-ring (bicyclic) bond motifs is 1. The van der Waals surface area contributed by atoms with Gasteiger partial charge in [0.15, 0.2) is 5.78 Å². The minimum absolute atomic E-state index is 0.135. The third-order valence-electron chi connectivity index (χ3n) is 4.35. The molecule has 1 aromatic carbocycles. The quantitative estimate of drug-likeness (QED) is 0.717. The third-order valence-corrected chi connectivity index (χ3v) is 4.35. The van der Waals surface area contributed by atoms with Crippen molar-refractivity contribution >= 4 is 11.8 Å². The summed E-state index contributed by atoms with van der Waals surface area (Å²) in [5.74, 6) is -0.512. The van der Waals surface area contributed by atoms with E-state index in [1.165, 1.54) is 0 Å². The third kappa shape index (κ3) is 2.98. The zero-order valence-corrected chi connectivity index (χ0v) is 14.1. The first-order chi connectivity index (χ1) is 12.0. The fourth-order valence-electron chi connectivity index (χ4n) is 3.21. The van der Waals surface area contributed by atoms with Crippen LogP contribution >= 0.6 is 0 Å². The highest BCUT2D eigenvalue weighted by molar-refractivity contribution is 6.16. The van der Waals surface area contributed by atoms with Gasteiger partial charge in [-0.15, -0.1) is 0 Å². The molecule has 0 unspecified atom stereocenters. The number of carbonyl (C=O) groups is 2. The maximum atomic E-state index is 13.1. The predicted octanol–water partition coefficient (Wildman–Crippen LogP) is 3.97. The Morgan fingerprint density at radius 1 is 1.00 bits per heavy atom. The number of carboxylic acids is 1. The largest absolute Gasteiger partial charge is 0.496 e. The van der Waals surface area contributed by atoms with Gasteiger partial charge in [0.05, 0.1) is 13.5 Å². The van der Waals surface area contributed by atoms with Crippen molar-refractivity contribution in [1.29, 1.82) is 0 Å². The number of benzene rings is 1. The molecule has 0 aromatic heterocycles. The SMILES string of the molecule is COc1ccccc2c(CC(=O)O)c(C)c(C(=O)c3ccccc3)c1-2. The van der Waals surface area contributed by atoms with Crippen molar-refractivity contribution in [1.82, 2.24) is 0 Å². The number of methoxy groups -OCH3 is 1. The van der Waals surface area contributed by atoms with Gasteiger partial charge in [-0.3, -0.25) is 9.59 Å². The van der Waals surface area contributed by atoms with Crippen molar-refractivity contribution in [2.75, 3.05) is 7.11 Å². The second-order valence-electron chi connectivity index (χ2n) is 5.82. The van der Waals surface area contributed by atoms with Gasteiger partial charge >= 0.3 is 5.97 Å². The van der Waals surface area contributed by atoms with E-state index in [-0.39, 0.29) is 12.2 Å². The summed E-state index contributed by atoms with van der Waals surface area (Å²) in [6.45, 7) is 1.80. The molecule has 0 heterocycles. The summed E-state index contributed by atoms with van der Waals surface area (Å²) < 4.78 is 5.49. The van der Waals surface area contributed by atoms with Gasteiger partial charge in [0.25, 0.3) is 0 Å². The molecule has 4 heteroatoms. The van der Waals surface area contributed by atoms with Crippen LogP contribution in [0, 0.1) is 6.92 Å². The molecular formula is C21H18O4.